The van der Waals surface area contributed by atoms with Gasteiger partial charge < -0.3 is 4.90 Å². The lowest BCUT2D eigenvalue weighted by Gasteiger charge is -2.11. The van der Waals surface area contributed by atoms with Crippen LogP contribution in [0.5, 0.6) is 0 Å². The van der Waals surface area contributed by atoms with Gasteiger partial charge in [-0.2, -0.15) is 0 Å². The molecule has 0 aromatic heterocycles. The normalized spacial score (nSPS) is 9.38. The number of ketones is 1. The number of rotatable bonds is 3. The van der Waals surface area contributed by atoms with Crippen molar-refractivity contribution in [3.63, 3.8) is 0 Å². The molecule has 0 radical (unpaired) electrons. The van der Waals surface area contributed by atoms with Gasteiger partial charge in [-0.15, -0.1) is 0 Å². The van der Waals surface area contributed by atoms with Gasteiger partial charge >= 0.3 is 0 Å². The Labute approximate surface area is 77.0 Å². The predicted molar refractivity (Wildman–Crippen MR) is 51.2 cm³/mol. The third-order valence-corrected chi connectivity index (χ3v) is 1.78. The molecule has 0 amide bonds. The molecule has 0 bridgehead atoms. The second-order valence-corrected chi connectivity index (χ2v) is 2.92. The standard InChI is InChI=1S/C10H11NO2/c1-11(2)9-5-3-8(4-6-9)10(13)7-12/h3-7H,1-2H3. The first-order valence-corrected chi connectivity index (χ1v) is 3.92. The van der Waals surface area contributed by atoms with Crippen molar-refractivity contribution in [3.05, 3.63) is 29.8 Å². The van der Waals surface area contributed by atoms with E-state index in [0.29, 0.717) is 11.8 Å². The second-order valence-electron chi connectivity index (χ2n) is 2.92. The van der Waals surface area contributed by atoms with Crippen LogP contribution < -0.4 is 4.90 Å². The largest absolute Gasteiger partial charge is 0.378 e. The molecule has 1 aromatic rings. The Morgan fingerprint density at radius 3 is 2.15 bits per heavy atom. The molecule has 0 spiro atoms. The van der Waals surface area contributed by atoms with E-state index in [1.165, 1.54) is 0 Å². The molecular formula is C10H11NO2. The minimum Gasteiger partial charge on any atom is -0.378 e. The highest BCUT2D eigenvalue weighted by Gasteiger charge is 2.03. The summed E-state index contributed by atoms with van der Waals surface area (Å²) in [5.74, 6) is -0.481. The van der Waals surface area contributed by atoms with Crippen molar-refractivity contribution < 1.29 is 9.59 Å². The summed E-state index contributed by atoms with van der Waals surface area (Å²) >= 11 is 0. The lowest BCUT2D eigenvalue weighted by Crippen LogP contribution is -2.09. The summed E-state index contributed by atoms with van der Waals surface area (Å²) in [6.07, 6.45) is 0.324. The number of nitrogens with zero attached hydrogens (tertiary/aromatic N) is 1. The molecule has 0 aliphatic carbocycles. The van der Waals surface area contributed by atoms with Crippen molar-refractivity contribution in [2.45, 2.75) is 0 Å². The molecule has 3 nitrogen and oxygen atoms in total. The van der Waals surface area contributed by atoms with Crippen LogP contribution in [0.2, 0.25) is 0 Å². The molecule has 0 aliphatic heterocycles. The first-order valence-electron chi connectivity index (χ1n) is 3.92. The van der Waals surface area contributed by atoms with E-state index < -0.39 is 5.78 Å². The zero-order valence-electron chi connectivity index (χ0n) is 7.65. The van der Waals surface area contributed by atoms with E-state index in [2.05, 4.69) is 0 Å². The van der Waals surface area contributed by atoms with Crippen LogP contribution in [0.15, 0.2) is 24.3 Å². The van der Waals surface area contributed by atoms with Crippen molar-refractivity contribution in [1.29, 1.82) is 0 Å². The highest BCUT2D eigenvalue weighted by atomic mass is 16.2. The molecule has 68 valence electrons. The van der Waals surface area contributed by atoms with E-state index in [1.54, 1.807) is 24.3 Å². The van der Waals surface area contributed by atoms with Gasteiger partial charge in [-0.05, 0) is 24.3 Å². The minimum atomic E-state index is -0.481. The molecular weight excluding hydrogens is 166 g/mol. The third-order valence-electron chi connectivity index (χ3n) is 1.78. The average Bonchev–Trinajstić information content (AvgIpc) is 2.17. The number of hydrogen-bond donors (Lipinski definition) is 0. The van der Waals surface area contributed by atoms with Crippen molar-refractivity contribution in [1.82, 2.24) is 0 Å². The highest BCUT2D eigenvalue weighted by Crippen LogP contribution is 2.11. The highest BCUT2D eigenvalue weighted by molar-refractivity contribution is 6.33. The van der Waals surface area contributed by atoms with Crippen molar-refractivity contribution in [2.24, 2.45) is 0 Å². The van der Waals surface area contributed by atoms with E-state index in [4.69, 9.17) is 0 Å². The Morgan fingerprint density at radius 1 is 1.23 bits per heavy atom. The molecule has 3 heteroatoms. The molecule has 0 heterocycles. The van der Waals surface area contributed by atoms with Gasteiger partial charge in [0.25, 0.3) is 0 Å². The Hall–Kier alpha value is -1.64. The summed E-state index contributed by atoms with van der Waals surface area (Å²) in [7, 11) is 3.83. The fourth-order valence-corrected chi connectivity index (χ4v) is 0.992. The third kappa shape index (κ3) is 2.15. The van der Waals surface area contributed by atoms with E-state index in [9.17, 15) is 9.59 Å². The second kappa shape index (κ2) is 3.85. The fourth-order valence-electron chi connectivity index (χ4n) is 0.992. The number of carbonyl (C=O) groups excluding carboxylic acids is 2. The number of anilines is 1. The monoisotopic (exact) mass is 177 g/mol. The van der Waals surface area contributed by atoms with Crippen LogP contribution in [0, 0.1) is 0 Å². The van der Waals surface area contributed by atoms with E-state index >= 15 is 0 Å². The van der Waals surface area contributed by atoms with Crippen molar-refractivity contribution >= 4 is 17.8 Å². The zero-order chi connectivity index (χ0) is 9.84. The van der Waals surface area contributed by atoms with Crippen LogP contribution in [-0.2, 0) is 4.79 Å². The summed E-state index contributed by atoms with van der Waals surface area (Å²) in [4.78, 5) is 23.0. The molecule has 0 saturated carbocycles. The molecule has 0 N–H and O–H groups in total. The molecule has 0 saturated heterocycles. The summed E-state index contributed by atoms with van der Waals surface area (Å²) in [5, 5.41) is 0. The van der Waals surface area contributed by atoms with Crippen LogP contribution in [0.25, 0.3) is 0 Å². The number of hydrogen-bond acceptors (Lipinski definition) is 3. The molecule has 1 aromatic carbocycles. The molecule has 13 heavy (non-hydrogen) atoms. The number of benzene rings is 1. The maximum absolute atomic E-state index is 10.9. The quantitative estimate of drug-likeness (QED) is 0.394. The Balaban J connectivity index is 2.93. The summed E-state index contributed by atoms with van der Waals surface area (Å²) < 4.78 is 0. The SMILES string of the molecule is CN(C)c1ccc(C(=O)C=O)cc1. The van der Waals surface area contributed by atoms with Gasteiger partial charge in [0, 0.05) is 25.3 Å². The van der Waals surface area contributed by atoms with Crippen LogP contribution in [-0.4, -0.2) is 26.2 Å². The Bertz CT molecular complexity index is 314. The molecule has 0 aliphatic rings. The maximum atomic E-state index is 10.9. The Morgan fingerprint density at radius 2 is 1.77 bits per heavy atom. The van der Waals surface area contributed by atoms with E-state index in [1.807, 2.05) is 19.0 Å². The first-order chi connectivity index (χ1) is 6.15. The smallest absolute Gasteiger partial charge is 0.225 e. The summed E-state index contributed by atoms with van der Waals surface area (Å²) in [6, 6.07) is 6.89. The van der Waals surface area contributed by atoms with Gasteiger partial charge in [-0.1, -0.05) is 0 Å². The fraction of sp³-hybridized carbons (Fsp3) is 0.200. The topological polar surface area (TPSA) is 37.4 Å². The first kappa shape index (κ1) is 9.45. The number of aldehydes is 1. The van der Waals surface area contributed by atoms with Crippen LogP contribution in [0.1, 0.15) is 10.4 Å². The van der Waals surface area contributed by atoms with Gasteiger partial charge in [0.2, 0.25) is 5.78 Å². The lowest BCUT2D eigenvalue weighted by molar-refractivity contribution is -0.104. The van der Waals surface area contributed by atoms with Gasteiger partial charge in [-0.3, -0.25) is 9.59 Å². The van der Waals surface area contributed by atoms with Crippen LogP contribution in [0.4, 0.5) is 5.69 Å². The Kier molecular flexibility index (Phi) is 2.80. The molecule has 0 atom stereocenters. The molecule has 1 rings (SSSR count). The van der Waals surface area contributed by atoms with E-state index in [0.717, 1.165) is 5.69 Å². The zero-order valence-corrected chi connectivity index (χ0v) is 7.65. The predicted octanol–water partition coefficient (Wildman–Crippen LogP) is 1.13. The van der Waals surface area contributed by atoms with Gasteiger partial charge in [-0.25, -0.2) is 0 Å². The average molecular weight is 177 g/mol. The van der Waals surface area contributed by atoms with Gasteiger partial charge in [0.05, 0.1) is 0 Å². The maximum Gasteiger partial charge on any atom is 0.225 e. The van der Waals surface area contributed by atoms with Gasteiger partial charge in [0.15, 0.2) is 6.29 Å². The van der Waals surface area contributed by atoms with Gasteiger partial charge in [0.1, 0.15) is 0 Å². The molecule has 0 fully saturated rings. The summed E-state index contributed by atoms with van der Waals surface area (Å²) in [6.45, 7) is 0. The lowest BCUT2D eigenvalue weighted by atomic mass is 10.1. The van der Waals surface area contributed by atoms with Crippen molar-refractivity contribution in [3.8, 4) is 0 Å². The summed E-state index contributed by atoms with van der Waals surface area (Å²) in [5.41, 5.74) is 1.43. The minimum absolute atomic E-state index is 0.324. The number of Topliss-reactive ketones (excluding diaryl/α,β-unsaturated/α-hetero) is 1. The van der Waals surface area contributed by atoms with Crippen LogP contribution >= 0.6 is 0 Å². The molecule has 0 unspecified atom stereocenters. The van der Waals surface area contributed by atoms with E-state index in [-0.39, 0.29) is 0 Å². The number of carbonyl (C=O) groups is 2. The van der Waals surface area contributed by atoms with Crippen LogP contribution in [0.3, 0.4) is 0 Å². The van der Waals surface area contributed by atoms with Crippen molar-refractivity contribution in [2.75, 3.05) is 19.0 Å².